The first kappa shape index (κ1) is 28.7. The first-order chi connectivity index (χ1) is 19.1. The van der Waals surface area contributed by atoms with E-state index in [1.165, 1.54) is 23.1 Å². The number of hydrogen-bond donors (Lipinski definition) is 0. The van der Waals surface area contributed by atoms with E-state index < -0.39 is 15.5 Å². The Hall–Kier alpha value is -2.78. The van der Waals surface area contributed by atoms with Crippen LogP contribution in [0.4, 0.5) is 4.39 Å². The molecule has 2 aliphatic heterocycles. The number of aryl methyl sites for hydroxylation is 1. The molecule has 40 heavy (non-hydrogen) atoms. The number of hydrogen-bond acceptors (Lipinski definition) is 5. The topological polar surface area (TPSA) is 70.8 Å². The molecule has 2 saturated heterocycles. The minimum atomic E-state index is -2.83. The van der Waals surface area contributed by atoms with E-state index in [0.717, 1.165) is 69.5 Å². The molecule has 2 aliphatic rings. The van der Waals surface area contributed by atoms with Crippen LogP contribution in [0.5, 0.6) is 0 Å². The third-order valence-electron chi connectivity index (χ3n) is 8.84. The number of piperidine rings is 1. The molecule has 1 amide bonds. The molecular formula is C31H42FN5O2S. The molecule has 0 unspecified atom stereocenters. The van der Waals surface area contributed by atoms with Crippen molar-refractivity contribution in [2.75, 3.05) is 39.8 Å². The normalized spacial score (nSPS) is 20.4. The molecule has 7 nitrogen and oxygen atoms in total. The quantitative estimate of drug-likeness (QED) is 0.380. The lowest BCUT2D eigenvalue weighted by Gasteiger charge is -2.33. The van der Waals surface area contributed by atoms with Crippen LogP contribution in [0.25, 0.3) is 16.6 Å². The summed E-state index contributed by atoms with van der Waals surface area (Å²) >= 11 is 0. The number of likely N-dealkylation sites (tertiary alicyclic amines) is 2. The summed E-state index contributed by atoms with van der Waals surface area (Å²) in [4.78, 5) is 21.2. The number of carbonyl (C=O) groups excluding carboxylic acids is 1. The van der Waals surface area contributed by atoms with Crippen molar-refractivity contribution in [1.82, 2.24) is 19.4 Å². The molecule has 2 fully saturated rings. The SMILES string of the molecule is CN=[S@](=O)(c1cc(F)ccc1-n1cc(C[C@@H]2CCN(CC3CCN(C(C)=O)CC3)C2)c2c(C)cncc21)C(C)C. The van der Waals surface area contributed by atoms with Gasteiger partial charge < -0.3 is 14.4 Å². The summed E-state index contributed by atoms with van der Waals surface area (Å²) in [6.45, 7) is 12.5. The second-order valence-corrected chi connectivity index (χ2v) is 14.7. The lowest BCUT2D eigenvalue weighted by Crippen LogP contribution is -2.40. The van der Waals surface area contributed by atoms with Crippen LogP contribution < -0.4 is 0 Å². The third kappa shape index (κ3) is 5.55. The van der Waals surface area contributed by atoms with E-state index in [1.807, 2.05) is 35.7 Å². The van der Waals surface area contributed by atoms with E-state index in [-0.39, 0.29) is 11.2 Å². The number of pyridine rings is 1. The minimum absolute atomic E-state index is 0.188. The van der Waals surface area contributed by atoms with Crippen LogP contribution in [-0.2, 0) is 20.9 Å². The van der Waals surface area contributed by atoms with Gasteiger partial charge in [-0.2, -0.15) is 0 Å². The molecule has 1 aromatic carbocycles. The zero-order valence-electron chi connectivity index (χ0n) is 24.4. The van der Waals surface area contributed by atoms with Crippen LogP contribution in [-0.4, -0.2) is 74.5 Å². The van der Waals surface area contributed by atoms with Gasteiger partial charge in [-0.3, -0.25) is 9.78 Å². The lowest BCUT2D eigenvalue weighted by molar-refractivity contribution is -0.130. The Morgan fingerprint density at radius 2 is 1.88 bits per heavy atom. The van der Waals surface area contributed by atoms with E-state index >= 15 is 0 Å². The van der Waals surface area contributed by atoms with Gasteiger partial charge in [-0.1, -0.05) is 0 Å². The Balaban J connectivity index is 1.41. The summed E-state index contributed by atoms with van der Waals surface area (Å²) in [7, 11) is -1.27. The van der Waals surface area contributed by atoms with Gasteiger partial charge in [-0.15, -0.1) is 0 Å². The maximum absolute atomic E-state index is 14.5. The number of aromatic nitrogens is 2. The largest absolute Gasteiger partial charge is 0.343 e. The summed E-state index contributed by atoms with van der Waals surface area (Å²) in [5.74, 6) is 0.968. The number of nitrogens with zero attached hydrogens (tertiary/aromatic N) is 5. The second-order valence-electron chi connectivity index (χ2n) is 11.9. The molecule has 0 aliphatic carbocycles. The number of carbonyl (C=O) groups is 1. The fraction of sp³-hybridized carbons (Fsp3) is 0.548. The van der Waals surface area contributed by atoms with Crippen LogP contribution in [0.3, 0.4) is 0 Å². The van der Waals surface area contributed by atoms with Crippen molar-refractivity contribution in [1.29, 1.82) is 0 Å². The van der Waals surface area contributed by atoms with Crippen LogP contribution in [0.2, 0.25) is 0 Å². The van der Waals surface area contributed by atoms with E-state index in [1.54, 1.807) is 20.0 Å². The van der Waals surface area contributed by atoms with Crippen molar-refractivity contribution in [2.24, 2.45) is 16.2 Å². The highest BCUT2D eigenvalue weighted by Crippen LogP contribution is 2.35. The molecule has 216 valence electrons. The fourth-order valence-electron chi connectivity index (χ4n) is 6.63. The van der Waals surface area contributed by atoms with Gasteiger partial charge in [0.1, 0.15) is 5.82 Å². The van der Waals surface area contributed by atoms with Crippen molar-refractivity contribution < 1.29 is 13.4 Å². The smallest absolute Gasteiger partial charge is 0.219 e. The van der Waals surface area contributed by atoms with E-state index in [4.69, 9.17) is 0 Å². The molecule has 9 heteroatoms. The Labute approximate surface area is 237 Å². The second kappa shape index (κ2) is 11.6. The molecule has 0 N–H and O–H groups in total. The molecule has 0 radical (unpaired) electrons. The Kier molecular flexibility index (Phi) is 8.34. The maximum Gasteiger partial charge on any atom is 0.219 e. The molecule has 2 atom stereocenters. The summed E-state index contributed by atoms with van der Waals surface area (Å²) < 4.78 is 34.8. The highest BCUT2D eigenvalue weighted by atomic mass is 32.2. The van der Waals surface area contributed by atoms with Gasteiger partial charge in [-0.05, 0) is 94.2 Å². The van der Waals surface area contributed by atoms with Crippen LogP contribution in [0, 0.1) is 24.6 Å². The van der Waals surface area contributed by atoms with Crippen molar-refractivity contribution in [2.45, 2.75) is 63.5 Å². The first-order valence-corrected chi connectivity index (χ1v) is 16.0. The number of rotatable bonds is 7. The van der Waals surface area contributed by atoms with Crippen molar-refractivity contribution in [3.05, 3.63) is 53.7 Å². The zero-order chi connectivity index (χ0) is 28.6. The minimum Gasteiger partial charge on any atom is -0.343 e. The van der Waals surface area contributed by atoms with Crippen molar-refractivity contribution >= 4 is 26.5 Å². The molecule has 2 aromatic heterocycles. The van der Waals surface area contributed by atoms with Crippen LogP contribution in [0.15, 0.2) is 46.0 Å². The van der Waals surface area contributed by atoms with Gasteiger partial charge in [0.05, 0.1) is 32.0 Å². The lowest BCUT2D eigenvalue weighted by atomic mass is 9.96. The van der Waals surface area contributed by atoms with Gasteiger partial charge in [0.15, 0.2) is 0 Å². The molecule has 3 aromatic rings. The zero-order valence-corrected chi connectivity index (χ0v) is 25.2. The summed E-state index contributed by atoms with van der Waals surface area (Å²) in [6.07, 6.45) is 10.2. The standard InChI is InChI=1S/C31H42FN5O2S/c1-21(2)40(39,33-5)30-15-27(32)6-7-28(30)37-20-26(31-22(3)16-34-17-29(31)37)14-25-8-11-35(19-25)18-24-9-12-36(13-10-24)23(4)38/h6-7,15-17,20-21,24-25H,8-14,18-19H2,1-5H3/t25-,40+/m0/s1. The monoisotopic (exact) mass is 567 g/mol. The van der Waals surface area contributed by atoms with E-state index in [9.17, 15) is 13.4 Å². The molecular weight excluding hydrogens is 525 g/mol. The average molecular weight is 568 g/mol. The Morgan fingerprint density at radius 1 is 1.15 bits per heavy atom. The van der Waals surface area contributed by atoms with Gasteiger partial charge >= 0.3 is 0 Å². The van der Waals surface area contributed by atoms with E-state index in [0.29, 0.717) is 22.4 Å². The number of fused-ring (bicyclic) bond motifs is 1. The predicted molar refractivity (Wildman–Crippen MR) is 159 cm³/mol. The Morgan fingerprint density at radius 3 is 2.55 bits per heavy atom. The van der Waals surface area contributed by atoms with Gasteiger partial charge in [0.2, 0.25) is 5.91 Å². The van der Waals surface area contributed by atoms with Gasteiger partial charge in [0.25, 0.3) is 0 Å². The highest BCUT2D eigenvalue weighted by molar-refractivity contribution is 7.94. The Bertz CT molecular complexity index is 1520. The average Bonchev–Trinajstić information content (AvgIpc) is 3.53. The van der Waals surface area contributed by atoms with E-state index in [2.05, 4.69) is 27.4 Å². The molecule has 0 spiro atoms. The number of amides is 1. The summed E-state index contributed by atoms with van der Waals surface area (Å²) in [5, 5.41) is 0.906. The van der Waals surface area contributed by atoms with Gasteiger partial charge in [-0.25, -0.2) is 13.0 Å². The van der Waals surface area contributed by atoms with Crippen LogP contribution >= 0.6 is 0 Å². The molecule has 4 heterocycles. The molecule has 0 bridgehead atoms. The molecule has 5 rings (SSSR count). The predicted octanol–water partition coefficient (Wildman–Crippen LogP) is 5.46. The number of benzene rings is 1. The molecule has 0 saturated carbocycles. The third-order valence-corrected chi connectivity index (χ3v) is 11.6. The summed E-state index contributed by atoms with van der Waals surface area (Å²) in [6, 6.07) is 4.53. The van der Waals surface area contributed by atoms with Crippen LogP contribution in [0.1, 0.15) is 51.2 Å². The van der Waals surface area contributed by atoms with Crippen molar-refractivity contribution in [3.63, 3.8) is 0 Å². The van der Waals surface area contributed by atoms with Gasteiger partial charge in [0, 0.05) is 63.2 Å². The fourth-order valence-corrected chi connectivity index (χ4v) is 8.51. The highest BCUT2D eigenvalue weighted by Gasteiger charge is 2.29. The maximum atomic E-state index is 14.5. The van der Waals surface area contributed by atoms with Crippen molar-refractivity contribution in [3.8, 4) is 5.69 Å². The first-order valence-electron chi connectivity index (χ1n) is 14.5. The summed E-state index contributed by atoms with van der Waals surface area (Å²) in [5.41, 5.74) is 3.99. The number of halogens is 1.